The van der Waals surface area contributed by atoms with Crippen LogP contribution in [0.25, 0.3) is 11.3 Å². The average Bonchev–Trinajstić information content (AvgIpc) is 3.21. The molecule has 0 radical (unpaired) electrons. The molecular formula is C25H23N5O2. The summed E-state index contributed by atoms with van der Waals surface area (Å²) in [7, 11) is 0. The van der Waals surface area contributed by atoms with Crippen LogP contribution in [0.4, 0.5) is 11.5 Å². The largest absolute Gasteiger partial charge is 0.457 e. The summed E-state index contributed by atoms with van der Waals surface area (Å²) in [4.78, 5) is 12.4. The van der Waals surface area contributed by atoms with Crippen LogP contribution in [0.15, 0.2) is 78.9 Å². The number of para-hydroxylation sites is 1. The second-order valence-corrected chi connectivity index (χ2v) is 7.72. The van der Waals surface area contributed by atoms with Crippen LogP contribution in [0.5, 0.6) is 11.5 Å². The van der Waals surface area contributed by atoms with E-state index < -0.39 is 5.91 Å². The fourth-order valence-corrected chi connectivity index (χ4v) is 4.05. The highest BCUT2D eigenvalue weighted by Gasteiger charge is 2.30. The number of rotatable bonds is 5. The van der Waals surface area contributed by atoms with E-state index in [2.05, 4.69) is 5.32 Å². The topological polar surface area (TPSA) is 108 Å². The first-order valence-electron chi connectivity index (χ1n) is 10.4. The van der Waals surface area contributed by atoms with Crippen LogP contribution in [-0.2, 0) is 0 Å². The quantitative estimate of drug-likeness (QED) is 0.410. The molecular weight excluding hydrogens is 402 g/mol. The molecule has 0 spiro atoms. The van der Waals surface area contributed by atoms with Gasteiger partial charge >= 0.3 is 0 Å². The van der Waals surface area contributed by atoms with Gasteiger partial charge in [-0.3, -0.25) is 4.79 Å². The number of hydrogen-bond donors (Lipinski definition) is 3. The number of benzene rings is 3. The molecule has 0 bridgehead atoms. The fraction of sp³-hybridized carbons (Fsp3) is 0.120. The van der Waals surface area contributed by atoms with Crippen molar-refractivity contribution in [2.24, 2.45) is 5.73 Å². The van der Waals surface area contributed by atoms with Crippen molar-refractivity contribution in [2.75, 3.05) is 17.6 Å². The molecule has 1 unspecified atom stereocenters. The molecule has 32 heavy (non-hydrogen) atoms. The van der Waals surface area contributed by atoms with E-state index in [0.717, 1.165) is 23.3 Å². The number of nitrogen functional groups attached to an aromatic ring is 1. The van der Waals surface area contributed by atoms with Gasteiger partial charge in [0.1, 0.15) is 28.6 Å². The number of aromatic nitrogens is 2. The molecule has 0 fully saturated rings. The van der Waals surface area contributed by atoms with Crippen LogP contribution in [0.1, 0.15) is 28.4 Å². The monoisotopic (exact) mass is 425 g/mol. The van der Waals surface area contributed by atoms with Crippen molar-refractivity contribution in [3.8, 4) is 22.8 Å². The lowest BCUT2D eigenvalue weighted by Gasteiger charge is -2.26. The summed E-state index contributed by atoms with van der Waals surface area (Å²) in [6.45, 7) is 0.713. The number of carbonyl (C=O) groups excluding carboxylic acids is 1. The van der Waals surface area contributed by atoms with Crippen LogP contribution in [-0.4, -0.2) is 22.2 Å². The summed E-state index contributed by atoms with van der Waals surface area (Å²) in [6, 6.07) is 24.8. The van der Waals surface area contributed by atoms with Gasteiger partial charge < -0.3 is 21.5 Å². The number of nitrogens with two attached hydrogens (primary N) is 2. The second-order valence-electron chi connectivity index (χ2n) is 7.72. The molecule has 0 saturated heterocycles. The van der Waals surface area contributed by atoms with Gasteiger partial charge in [0.2, 0.25) is 0 Å². The fourth-order valence-electron chi connectivity index (χ4n) is 4.05. The van der Waals surface area contributed by atoms with Crippen molar-refractivity contribution in [3.05, 3.63) is 90.0 Å². The summed E-state index contributed by atoms with van der Waals surface area (Å²) >= 11 is 0. The van der Waals surface area contributed by atoms with E-state index in [4.69, 9.17) is 21.3 Å². The zero-order valence-corrected chi connectivity index (χ0v) is 17.4. The van der Waals surface area contributed by atoms with Crippen LogP contribution in [0, 0.1) is 0 Å². The van der Waals surface area contributed by atoms with Crippen molar-refractivity contribution in [1.82, 2.24) is 9.78 Å². The molecule has 3 aromatic carbocycles. The first kappa shape index (κ1) is 19.7. The number of nitrogens with zero attached hydrogens (tertiary/aromatic N) is 2. The maximum Gasteiger partial charge on any atom is 0.254 e. The third kappa shape index (κ3) is 3.65. The number of anilines is 2. The van der Waals surface area contributed by atoms with Crippen LogP contribution < -0.4 is 21.5 Å². The third-order valence-corrected chi connectivity index (χ3v) is 5.59. The maximum absolute atomic E-state index is 12.4. The summed E-state index contributed by atoms with van der Waals surface area (Å²) in [5.74, 6) is 1.58. The molecule has 0 saturated carbocycles. The van der Waals surface area contributed by atoms with Gasteiger partial charge in [-0.05, 0) is 60.5 Å². The van der Waals surface area contributed by atoms with Crippen LogP contribution >= 0.6 is 0 Å². The molecule has 5 rings (SSSR count). The molecule has 160 valence electrons. The molecule has 2 heterocycles. The minimum absolute atomic E-state index is 0.0145. The number of fused-ring (bicyclic) bond motifs is 1. The molecule has 1 aliphatic heterocycles. The predicted octanol–water partition coefficient (Wildman–Crippen LogP) is 4.43. The van der Waals surface area contributed by atoms with E-state index in [0.29, 0.717) is 35.1 Å². The van der Waals surface area contributed by atoms with Crippen molar-refractivity contribution >= 4 is 17.4 Å². The minimum Gasteiger partial charge on any atom is -0.457 e. The van der Waals surface area contributed by atoms with Crippen molar-refractivity contribution < 1.29 is 9.53 Å². The Morgan fingerprint density at radius 2 is 1.66 bits per heavy atom. The third-order valence-electron chi connectivity index (χ3n) is 5.59. The van der Waals surface area contributed by atoms with Crippen molar-refractivity contribution in [3.63, 3.8) is 0 Å². The normalized spacial score (nSPS) is 14.9. The first-order valence-corrected chi connectivity index (χ1v) is 10.4. The molecule has 7 heteroatoms. The highest BCUT2D eigenvalue weighted by atomic mass is 16.5. The average molecular weight is 425 g/mol. The molecule has 1 atom stereocenters. The molecule has 1 amide bonds. The number of hydrogen-bond acceptors (Lipinski definition) is 5. The van der Waals surface area contributed by atoms with E-state index >= 15 is 0 Å². The second kappa shape index (κ2) is 8.11. The van der Waals surface area contributed by atoms with E-state index in [9.17, 15) is 4.79 Å². The van der Waals surface area contributed by atoms with E-state index in [1.807, 2.05) is 83.5 Å². The Bertz CT molecular complexity index is 1250. The minimum atomic E-state index is -0.517. The van der Waals surface area contributed by atoms with E-state index in [-0.39, 0.29) is 6.04 Å². The van der Waals surface area contributed by atoms with E-state index in [1.54, 1.807) is 0 Å². The van der Waals surface area contributed by atoms with Crippen LogP contribution in [0.3, 0.4) is 0 Å². The molecule has 4 aromatic rings. The van der Waals surface area contributed by atoms with Gasteiger partial charge in [0.15, 0.2) is 0 Å². The molecule has 5 N–H and O–H groups in total. The number of ether oxygens (including phenoxy) is 1. The zero-order valence-electron chi connectivity index (χ0n) is 17.4. The molecule has 1 aliphatic rings. The van der Waals surface area contributed by atoms with Gasteiger partial charge in [-0.1, -0.05) is 30.3 Å². The zero-order chi connectivity index (χ0) is 22.1. The van der Waals surface area contributed by atoms with Gasteiger partial charge in [0.25, 0.3) is 5.91 Å². The molecule has 1 aromatic heterocycles. The Labute approximate surface area is 185 Å². The van der Waals surface area contributed by atoms with Gasteiger partial charge in [0, 0.05) is 17.8 Å². The number of carbonyl (C=O) groups is 1. The van der Waals surface area contributed by atoms with Gasteiger partial charge in [-0.2, -0.15) is 5.10 Å². The Balaban J connectivity index is 1.52. The lowest BCUT2D eigenvalue weighted by Crippen LogP contribution is -2.26. The first-order chi connectivity index (χ1) is 15.6. The lowest BCUT2D eigenvalue weighted by atomic mass is 10.0. The van der Waals surface area contributed by atoms with Crippen molar-refractivity contribution in [1.29, 1.82) is 0 Å². The van der Waals surface area contributed by atoms with Crippen LogP contribution in [0.2, 0.25) is 0 Å². The number of nitrogens with one attached hydrogen (secondary N) is 1. The molecule has 7 nitrogen and oxygen atoms in total. The maximum atomic E-state index is 12.4. The van der Waals surface area contributed by atoms with Gasteiger partial charge in [-0.25, -0.2) is 4.68 Å². The molecule has 0 aliphatic carbocycles. The lowest BCUT2D eigenvalue weighted by molar-refractivity contribution is 0.100. The highest BCUT2D eigenvalue weighted by Crippen LogP contribution is 2.37. The summed E-state index contributed by atoms with van der Waals surface area (Å²) < 4.78 is 7.73. The standard InChI is InChI=1S/C25H23N5O2/c26-18-10-6-16(7-11-18)21-14-15-28-25-22(24(27)31)23(29-30(21)25)17-8-12-20(13-9-17)32-19-4-2-1-3-5-19/h1-13,21,28H,14-15,26H2,(H2,27,31). The smallest absolute Gasteiger partial charge is 0.254 e. The van der Waals surface area contributed by atoms with Crippen molar-refractivity contribution in [2.45, 2.75) is 12.5 Å². The predicted molar refractivity (Wildman–Crippen MR) is 125 cm³/mol. The Morgan fingerprint density at radius 1 is 0.969 bits per heavy atom. The summed E-state index contributed by atoms with van der Waals surface area (Å²) in [5, 5.41) is 8.13. The van der Waals surface area contributed by atoms with E-state index in [1.165, 1.54) is 0 Å². The summed E-state index contributed by atoms with van der Waals surface area (Å²) in [5.41, 5.74) is 15.2. The van der Waals surface area contributed by atoms with Gasteiger partial charge in [-0.15, -0.1) is 0 Å². The summed E-state index contributed by atoms with van der Waals surface area (Å²) in [6.07, 6.45) is 0.833. The highest BCUT2D eigenvalue weighted by molar-refractivity contribution is 6.03. The number of amides is 1. The Kier molecular flexibility index (Phi) is 4.99. The Morgan fingerprint density at radius 3 is 2.34 bits per heavy atom. The van der Waals surface area contributed by atoms with Gasteiger partial charge in [0.05, 0.1) is 6.04 Å². The SMILES string of the molecule is NC(=O)c1c(-c2ccc(Oc3ccccc3)cc2)nn2c1NCCC2c1ccc(N)cc1. The Hall–Kier alpha value is -4.26. The number of primary amides is 1.